The van der Waals surface area contributed by atoms with E-state index in [1.165, 1.54) is 82.4 Å². The van der Waals surface area contributed by atoms with Crippen LogP contribution in [0.1, 0.15) is 22.3 Å². The smallest absolute Gasteiger partial charge is 0.0714 e. The molecule has 0 spiro atoms. The van der Waals surface area contributed by atoms with Crippen molar-refractivity contribution in [2.45, 2.75) is 5.41 Å². The average Bonchev–Trinajstić information content (AvgIpc) is 3.42. The Balaban J connectivity index is 1.42. The van der Waals surface area contributed by atoms with Crippen molar-refractivity contribution in [2.24, 2.45) is 0 Å². The Bertz CT molecular complexity index is 2550. The van der Waals surface area contributed by atoms with E-state index >= 15 is 0 Å². The van der Waals surface area contributed by atoms with E-state index in [1.807, 2.05) is 0 Å². The van der Waals surface area contributed by atoms with Crippen LogP contribution >= 0.6 is 0 Å². The van der Waals surface area contributed by atoms with Gasteiger partial charge in [-0.1, -0.05) is 152 Å². The van der Waals surface area contributed by atoms with Gasteiger partial charge in [0.05, 0.1) is 16.4 Å². The predicted octanol–water partition coefficient (Wildman–Crippen LogP) is 11.5. The largest absolute Gasteiger partial charge is 0.309 e. The molecule has 0 saturated heterocycles. The number of hydrogen-bond acceptors (Lipinski definition) is 0. The molecule has 10 rings (SSSR count). The molecule has 0 saturated carbocycles. The van der Waals surface area contributed by atoms with Gasteiger partial charge in [0.1, 0.15) is 0 Å². The van der Waals surface area contributed by atoms with Gasteiger partial charge in [-0.15, -0.1) is 0 Å². The molecule has 214 valence electrons. The van der Waals surface area contributed by atoms with Gasteiger partial charge in [-0.3, -0.25) is 0 Å². The lowest BCUT2D eigenvalue weighted by Gasteiger charge is -2.37. The summed E-state index contributed by atoms with van der Waals surface area (Å²) in [5.41, 5.74) is 10.8. The van der Waals surface area contributed by atoms with Gasteiger partial charge in [0.25, 0.3) is 0 Å². The monoisotopic (exact) mass is 583 g/mol. The van der Waals surface area contributed by atoms with E-state index in [0.29, 0.717) is 0 Å². The number of aromatic nitrogens is 1. The molecule has 0 radical (unpaired) electrons. The van der Waals surface area contributed by atoms with Crippen LogP contribution in [-0.4, -0.2) is 4.57 Å². The molecule has 46 heavy (non-hydrogen) atoms. The molecule has 0 aliphatic heterocycles. The van der Waals surface area contributed by atoms with E-state index in [9.17, 15) is 0 Å². The van der Waals surface area contributed by atoms with Crippen molar-refractivity contribution in [1.82, 2.24) is 4.57 Å². The topological polar surface area (TPSA) is 4.93 Å². The van der Waals surface area contributed by atoms with E-state index in [2.05, 4.69) is 180 Å². The zero-order valence-electron chi connectivity index (χ0n) is 25.2. The lowest BCUT2D eigenvalue weighted by molar-refractivity contribution is 0.761. The predicted molar refractivity (Wildman–Crippen MR) is 193 cm³/mol. The fraction of sp³-hybridized carbons (Fsp3) is 0.0222. The summed E-state index contributed by atoms with van der Waals surface area (Å²) in [4.78, 5) is 0. The minimum absolute atomic E-state index is 0.523. The summed E-state index contributed by atoms with van der Waals surface area (Å²) in [6.07, 6.45) is 0. The second-order valence-corrected chi connectivity index (χ2v) is 12.5. The van der Waals surface area contributed by atoms with Crippen LogP contribution in [0.2, 0.25) is 0 Å². The Morgan fingerprint density at radius 1 is 0.326 bits per heavy atom. The second-order valence-electron chi connectivity index (χ2n) is 12.5. The first-order valence-corrected chi connectivity index (χ1v) is 16.0. The van der Waals surface area contributed by atoms with Crippen molar-refractivity contribution in [2.75, 3.05) is 0 Å². The van der Waals surface area contributed by atoms with Gasteiger partial charge in [-0.25, -0.2) is 0 Å². The Morgan fingerprint density at radius 2 is 0.848 bits per heavy atom. The third kappa shape index (κ3) is 3.29. The second kappa shape index (κ2) is 9.54. The van der Waals surface area contributed by atoms with Gasteiger partial charge < -0.3 is 4.57 Å². The van der Waals surface area contributed by atoms with E-state index in [4.69, 9.17) is 0 Å². The first kappa shape index (κ1) is 25.4. The van der Waals surface area contributed by atoms with Crippen molar-refractivity contribution < 1.29 is 0 Å². The van der Waals surface area contributed by atoms with Crippen molar-refractivity contribution in [3.63, 3.8) is 0 Å². The summed E-state index contributed by atoms with van der Waals surface area (Å²) in [6, 6.07) is 65.1. The maximum Gasteiger partial charge on any atom is 0.0714 e. The molecule has 1 heteroatoms. The maximum absolute atomic E-state index is 2.48. The van der Waals surface area contributed by atoms with Crippen molar-refractivity contribution >= 4 is 43.4 Å². The van der Waals surface area contributed by atoms with Gasteiger partial charge in [-0.2, -0.15) is 0 Å². The zero-order chi connectivity index (χ0) is 30.2. The Hall–Kier alpha value is -5.92. The molecule has 1 heterocycles. The van der Waals surface area contributed by atoms with Crippen LogP contribution in [0, 0.1) is 0 Å². The number of nitrogens with zero attached hydrogens (tertiary/aromatic N) is 1. The van der Waals surface area contributed by atoms with Crippen LogP contribution < -0.4 is 0 Å². The van der Waals surface area contributed by atoms with Gasteiger partial charge in [-0.05, 0) is 79.2 Å². The van der Waals surface area contributed by atoms with Crippen molar-refractivity contribution in [3.8, 4) is 16.8 Å². The molecule has 1 nitrogen and oxygen atoms in total. The Labute approximate surface area is 267 Å². The molecular formula is C45H29N. The molecule has 1 aliphatic rings. The van der Waals surface area contributed by atoms with E-state index in [0.717, 1.165) is 0 Å². The summed E-state index contributed by atoms with van der Waals surface area (Å²) in [6.45, 7) is 0. The van der Waals surface area contributed by atoms with Gasteiger partial charge >= 0.3 is 0 Å². The first-order valence-electron chi connectivity index (χ1n) is 16.0. The lowest BCUT2D eigenvalue weighted by atomic mass is 9.64. The highest BCUT2D eigenvalue weighted by molar-refractivity contribution is 6.31. The van der Waals surface area contributed by atoms with E-state index < -0.39 is 5.41 Å². The highest BCUT2D eigenvalue weighted by atomic mass is 15.0. The fourth-order valence-corrected chi connectivity index (χ4v) is 8.39. The highest BCUT2D eigenvalue weighted by Gasteiger charge is 2.43. The molecule has 0 amide bonds. The molecule has 0 unspecified atom stereocenters. The van der Waals surface area contributed by atoms with Crippen molar-refractivity contribution in [3.05, 3.63) is 198 Å². The molecule has 1 aromatic heterocycles. The fourth-order valence-electron chi connectivity index (χ4n) is 8.39. The summed E-state index contributed by atoms with van der Waals surface area (Å²) in [5, 5.41) is 7.89. The highest BCUT2D eigenvalue weighted by Crippen LogP contribution is 2.55. The minimum atomic E-state index is -0.523. The first-order chi connectivity index (χ1) is 22.8. The quantitative estimate of drug-likeness (QED) is 0.182. The maximum atomic E-state index is 2.48. The van der Waals surface area contributed by atoms with Crippen LogP contribution in [0.3, 0.4) is 0 Å². The molecule has 9 aromatic rings. The summed E-state index contributed by atoms with van der Waals surface area (Å²) in [7, 11) is 0. The minimum Gasteiger partial charge on any atom is -0.309 e. The van der Waals surface area contributed by atoms with Gasteiger partial charge in [0, 0.05) is 16.5 Å². The SMILES string of the molecule is c1ccc(-c2ccc(-n3c4cccc5c4c4c6c(ccc7cccc(c76)C5(c5ccccc5)c5ccccc5)ccc43)cc2)cc1. The molecule has 1 aliphatic carbocycles. The molecular weight excluding hydrogens is 555 g/mol. The molecule has 8 aromatic carbocycles. The van der Waals surface area contributed by atoms with E-state index in [1.54, 1.807) is 0 Å². The Kier molecular flexibility index (Phi) is 5.27. The van der Waals surface area contributed by atoms with Crippen LogP contribution in [0.15, 0.2) is 176 Å². The summed E-state index contributed by atoms with van der Waals surface area (Å²) >= 11 is 0. The number of rotatable bonds is 4. The summed E-state index contributed by atoms with van der Waals surface area (Å²) < 4.78 is 2.48. The molecule has 0 fully saturated rings. The van der Waals surface area contributed by atoms with E-state index in [-0.39, 0.29) is 0 Å². The zero-order valence-corrected chi connectivity index (χ0v) is 25.2. The summed E-state index contributed by atoms with van der Waals surface area (Å²) in [5.74, 6) is 0. The molecule has 0 N–H and O–H groups in total. The van der Waals surface area contributed by atoms with Crippen LogP contribution in [0.25, 0.3) is 60.2 Å². The van der Waals surface area contributed by atoms with Gasteiger partial charge in [0.2, 0.25) is 0 Å². The number of benzene rings is 8. The standard InChI is InChI=1S/C45H29N/c1-4-12-30(13-5-1)31-24-27-36(28-25-31)46-39-21-11-20-38-43(39)44-40(46)29-26-33-23-22-32-14-10-19-37(41(32)42(33)44)45(38,34-15-6-2-7-16-34)35-17-8-3-9-18-35/h1-29H. The van der Waals surface area contributed by atoms with Crippen molar-refractivity contribution in [1.29, 1.82) is 0 Å². The Morgan fingerprint density at radius 3 is 1.52 bits per heavy atom. The van der Waals surface area contributed by atoms with Crippen LogP contribution in [-0.2, 0) is 5.41 Å². The van der Waals surface area contributed by atoms with Crippen LogP contribution in [0.4, 0.5) is 0 Å². The van der Waals surface area contributed by atoms with Crippen LogP contribution in [0.5, 0.6) is 0 Å². The normalized spacial score (nSPS) is 13.4. The van der Waals surface area contributed by atoms with Gasteiger partial charge in [0.15, 0.2) is 0 Å². The molecule has 0 atom stereocenters. The molecule has 0 bridgehead atoms. The lowest BCUT2D eigenvalue weighted by Crippen LogP contribution is -2.31. The average molecular weight is 584 g/mol. The third-order valence-electron chi connectivity index (χ3n) is 10.2. The third-order valence-corrected chi connectivity index (χ3v) is 10.2. The number of hydrogen-bond donors (Lipinski definition) is 0.